The van der Waals surface area contributed by atoms with Crippen LogP contribution in [0.2, 0.25) is 0 Å². The second kappa shape index (κ2) is 14.8. The summed E-state index contributed by atoms with van der Waals surface area (Å²) >= 11 is 0. The summed E-state index contributed by atoms with van der Waals surface area (Å²) in [5, 5.41) is 9.64. The van der Waals surface area contributed by atoms with E-state index >= 15 is 0 Å². The molecule has 5 heteroatoms. The number of ether oxygens (including phenoxy) is 2. The van der Waals surface area contributed by atoms with E-state index in [1.165, 1.54) is 11.1 Å². The van der Waals surface area contributed by atoms with Crippen molar-refractivity contribution in [3.8, 4) is 11.1 Å². The molecule has 5 nitrogen and oxygen atoms in total. The molecule has 0 radical (unpaired) electrons. The van der Waals surface area contributed by atoms with Crippen LogP contribution in [0.5, 0.6) is 0 Å². The van der Waals surface area contributed by atoms with Crippen LogP contribution in [0.15, 0.2) is 133 Å². The largest absolute Gasteiger partial charge is 0.392 e. The molecule has 0 saturated carbocycles. The van der Waals surface area contributed by atoms with E-state index in [1.807, 2.05) is 24.3 Å². The minimum atomic E-state index is -0.525. The quantitative estimate of drug-likeness (QED) is 0.162. The molecular weight excluding hydrogens is 556 g/mol. The van der Waals surface area contributed by atoms with Crippen molar-refractivity contribution in [3.05, 3.63) is 167 Å². The van der Waals surface area contributed by atoms with Crippen LogP contribution in [-0.2, 0) is 35.7 Å². The molecule has 0 spiro atoms. The van der Waals surface area contributed by atoms with Crippen LogP contribution in [0, 0.1) is 5.92 Å². The highest BCUT2D eigenvalue weighted by Crippen LogP contribution is 2.42. The van der Waals surface area contributed by atoms with Crippen LogP contribution in [-0.4, -0.2) is 22.7 Å². The number of rotatable bonds is 11. The average molecular weight is 599 g/mol. The van der Waals surface area contributed by atoms with Crippen LogP contribution in [0.3, 0.4) is 0 Å². The zero-order valence-corrected chi connectivity index (χ0v) is 25.8. The summed E-state index contributed by atoms with van der Waals surface area (Å²) in [4.78, 5) is 2.48. The van der Waals surface area contributed by atoms with Gasteiger partial charge in [-0.2, -0.15) is 0 Å². The van der Waals surface area contributed by atoms with Gasteiger partial charge in [-0.25, -0.2) is 0 Å². The number of aliphatic hydroxyl groups is 1. The molecule has 1 aliphatic heterocycles. The third-order valence-electron chi connectivity index (χ3n) is 8.79. The minimum absolute atomic E-state index is 0.0171. The molecular formula is C40H42N2O3. The maximum absolute atomic E-state index is 9.64. The highest BCUT2D eigenvalue weighted by Gasteiger charge is 2.39. The van der Waals surface area contributed by atoms with Gasteiger partial charge in [-0.15, -0.1) is 0 Å². The Hall–Kier alpha value is -4.10. The van der Waals surface area contributed by atoms with Crippen molar-refractivity contribution >= 4 is 0 Å². The summed E-state index contributed by atoms with van der Waals surface area (Å²) in [6.07, 6.45) is -0.784. The second-order valence-corrected chi connectivity index (χ2v) is 11.9. The predicted octanol–water partition coefficient (Wildman–Crippen LogP) is 7.80. The minimum Gasteiger partial charge on any atom is -0.392 e. The second-order valence-electron chi connectivity index (χ2n) is 11.9. The molecule has 4 atom stereocenters. The predicted molar refractivity (Wildman–Crippen MR) is 180 cm³/mol. The lowest BCUT2D eigenvalue weighted by Crippen LogP contribution is -2.44. The summed E-state index contributed by atoms with van der Waals surface area (Å²) in [7, 11) is 0. The van der Waals surface area contributed by atoms with Crippen molar-refractivity contribution in [1.29, 1.82) is 0 Å². The molecule has 1 heterocycles. The van der Waals surface area contributed by atoms with E-state index in [2.05, 4.69) is 121 Å². The lowest BCUT2D eigenvalue weighted by Gasteiger charge is -2.43. The SMILES string of the molecule is C[C@H]1[C@@H](CN(Cc2ccccc2)Cc2ccccc2)O[C@@H](c2ccc(-c3ccccc3CN)cc2)O[C@H]1c1ccc(CO)cc1. The van der Waals surface area contributed by atoms with Gasteiger partial charge < -0.3 is 20.3 Å². The molecule has 0 aliphatic carbocycles. The maximum Gasteiger partial charge on any atom is 0.184 e. The highest BCUT2D eigenvalue weighted by atomic mass is 16.7. The Kier molecular flexibility index (Phi) is 10.2. The average Bonchev–Trinajstić information content (AvgIpc) is 3.10. The van der Waals surface area contributed by atoms with Gasteiger partial charge in [0.05, 0.1) is 18.8 Å². The molecule has 0 amide bonds. The van der Waals surface area contributed by atoms with Crippen LogP contribution < -0.4 is 5.73 Å². The Morgan fingerprint density at radius 1 is 0.644 bits per heavy atom. The van der Waals surface area contributed by atoms with Gasteiger partial charge in [-0.05, 0) is 38.9 Å². The molecule has 1 saturated heterocycles. The topological polar surface area (TPSA) is 68.0 Å². The Balaban J connectivity index is 1.30. The smallest absolute Gasteiger partial charge is 0.184 e. The van der Waals surface area contributed by atoms with Gasteiger partial charge in [0.25, 0.3) is 0 Å². The van der Waals surface area contributed by atoms with Gasteiger partial charge in [-0.1, -0.05) is 140 Å². The van der Waals surface area contributed by atoms with Gasteiger partial charge >= 0.3 is 0 Å². The molecule has 0 bridgehead atoms. The molecule has 5 aromatic carbocycles. The number of nitrogens with zero attached hydrogens (tertiary/aromatic N) is 1. The lowest BCUT2D eigenvalue weighted by molar-refractivity contribution is -0.276. The fraction of sp³-hybridized carbons (Fsp3) is 0.250. The molecule has 230 valence electrons. The number of benzene rings is 5. The molecule has 3 N–H and O–H groups in total. The van der Waals surface area contributed by atoms with Crippen molar-refractivity contribution in [1.82, 2.24) is 4.90 Å². The van der Waals surface area contributed by atoms with E-state index in [-0.39, 0.29) is 24.7 Å². The highest BCUT2D eigenvalue weighted by molar-refractivity contribution is 5.67. The Morgan fingerprint density at radius 2 is 1.22 bits per heavy atom. The Morgan fingerprint density at radius 3 is 1.82 bits per heavy atom. The van der Waals surface area contributed by atoms with Gasteiger partial charge in [0, 0.05) is 37.7 Å². The molecule has 1 fully saturated rings. The van der Waals surface area contributed by atoms with Gasteiger partial charge in [0.1, 0.15) is 0 Å². The number of hydrogen-bond donors (Lipinski definition) is 2. The third kappa shape index (κ3) is 7.59. The van der Waals surface area contributed by atoms with Crippen molar-refractivity contribution in [3.63, 3.8) is 0 Å². The first-order valence-electron chi connectivity index (χ1n) is 15.8. The van der Waals surface area contributed by atoms with Gasteiger partial charge in [-0.3, -0.25) is 4.90 Å². The van der Waals surface area contributed by atoms with Crippen LogP contribution >= 0.6 is 0 Å². The fourth-order valence-corrected chi connectivity index (χ4v) is 6.25. The fourth-order valence-electron chi connectivity index (χ4n) is 6.25. The van der Waals surface area contributed by atoms with E-state index in [4.69, 9.17) is 15.2 Å². The summed E-state index contributed by atoms with van der Waals surface area (Å²) in [5.74, 6) is 0.0889. The van der Waals surface area contributed by atoms with Crippen LogP contribution in [0.25, 0.3) is 11.1 Å². The van der Waals surface area contributed by atoms with Gasteiger partial charge in [0.2, 0.25) is 0 Å². The molecule has 1 aliphatic rings. The molecule has 45 heavy (non-hydrogen) atoms. The number of aliphatic hydroxyl groups excluding tert-OH is 1. The first-order valence-corrected chi connectivity index (χ1v) is 15.8. The molecule has 5 aromatic rings. The molecule has 0 unspecified atom stereocenters. The van der Waals surface area contributed by atoms with E-state index in [0.29, 0.717) is 6.54 Å². The first kappa shape index (κ1) is 30.9. The van der Waals surface area contributed by atoms with E-state index in [1.54, 1.807) is 0 Å². The van der Waals surface area contributed by atoms with Crippen molar-refractivity contribution in [2.45, 2.75) is 51.7 Å². The summed E-state index contributed by atoms with van der Waals surface area (Å²) in [5.41, 5.74) is 14.9. The van der Waals surface area contributed by atoms with E-state index in [9.17, 15) is 5.11 Å². The van der Waals surface area contributed by atoms with Crippen LogP contribution in [0.4, 0.5) is 0 Å². The summed E-state index contributed by atoms with van der Waals surface area (Å²) < 4.78 is 13.6. The monoisotopic (exact) mass is 598 g/mol. The molecule has 6 rings (SSSR count). The van der Waals surface area contributed by atoms with E-state index in [0.717, 1.165) is 53.0 Å². The zero-order valence-electron chi connectivity index (χ0n) is 25.8. The first-order chi connectivity index (χ1) is 22.1. The van der Waals surface area contributed by atoms with Gasteiger partial charge in [0.15, 0.2) is 6.29 Å². The lowest BCUT2D eigenvalue weighted by atomic mass is 9.89. The standard InChI is InChI=1S/C40H42N2O3/c1-29-38(27-42(25-30-10-4-2-5-11-30)26-31-12-6-3-7-13-31)44-40(45-39(29)34-18-16-32(28-43)17-19-34)35-22-20-33(21-23-35)37-15-9-8-14-36(37)24-41/h2-23,29,38-40,43H,24-28,41H2,1H3/t29-,38+,39+,40+/m0/s1. The maximum atomic E-state index is 9.64. The Bertz CT molecular complexity index is 1580. The number of nitrogens with two attached hydrogens (primary N) is 1. The zero-order chi connectivity index (χ0) is 31.0. The normalized spacial score (nSPS) is 19.9. The van der Waals surface area contributed by atoms with Crippen molar-refractivity contribution in [2.75, 3.05) is 6.54 Å². The third-order valence-corrected chi connectivity index (χ3v) is 8.79. The van der Waals surface area contributed by atoms with Crippen molar-refractivity contribution in [2.24, 2.45) is 11.7 Å². The van der Waals surface area contributed by atoms with Crippen molar-refractivity contribution < 1.29 is 14.6 Å². The summed E-state index contributed by atoms with van der Waals surface area (Å²) in [6.45, 7) is 5.12. The summed E-state index contributed by atoms with van der Waals surface area (Å²) in [6, 6.07) is 46.1. The van der Waals surface area contributed by atoms with Crippen LogP contribution in [0.1, 0.15) is 52.7 Å². The Labute approximate surface area is 266 Å². The molecule has 0 aromatic heterocycles. The number of hydrogen-bond acceptors (Lipinski definition) is 5. The van der Waals surface area contributed by atoms with E-state index < -0.39 is 6.29 Å².